The molecule has 6 radical (unpaired) electrons. The van der Waals surface area contributed by atoms with Gasteiger partial charge in [-0.15, -0.1) is 0 Å². The first kappa shape index (κ1) is 40.8. The molecule has 0 saturated carbocycles. The van der Waals surface area contributed by atoms with Gasteiger partial charge in [0.2, 0.25) is 0 Å². The molecule has 0 amide bonds. The Kier molecular flexibility index (Phi) is 52.7. The molecule has 0 aliphatic heterocycles. The SMILES string of the molecule is CC.CC.CC.CC.CC(=N)c1ccccc1.CC(N)c1ccccc1.[B].[B]. The third-order valence-corrected chi connectivity index (χ3v) is 2.53. The minimum Gasteiger partial charge on any atom is -0.324 e. The van der Waals surface area contributed by atoms with Crippen LogP contribution in [0.15, 0.2) is 60.7 Å². The molecule has 2 rings (SSSR count). The zero-order chi connectivity index (χ0) is 21.4. The van der Waals surface area contributed by atoms with E-state index in [0.29, 0.717) is 5.71 Å². The summed E-state index contributed by atoms with van der Waals surface area (Å²) in [4.78, 5) is 0. The standard InChI is InChI=1S/C8H11N.C8H9N.4C2H6.2B/c2*1-7(9)8-5-3-2-4-6-8;4*1-2;;/h2-7H,9H2,1H3;2-6,9H,1H3;4*1-2H3;;. The average Bonchev–Trinajstić information content (AvgIpc) is 2.75. The molecule has 2 aromatic rings. The van der Waals surface area contributed by atoms with E-state index < -0.39 is 0 Å². The van der Waals surface area contributed by atoms with Crippen LogP contribution in [0.1, 0.15) is 86.4 Å². The van der Waals surface area contributed by atoms with E-state index in [4.69, 9.17) is 11.1 Å². The summed E-state index contributed by atoms with van der Waals surface area (Å²) in [5.74, 6) is 0. The Morgan fingerprint density at radius 2 is 0.964 bits per heavy atom. The molecule has 0 spiro atoms. The number of rotatable bonds is 2. The molecular formula is C24H44B2N2. The van der Waals surface area contributed by atoms with E-state index in [-0.39, 0.29) is 22.9 Å². The maximum Gasteiger partial charge on any atom is 0.0355 e. The summed E-state index contributed by atoms with van der Waals surface area (Å²) in [6.45, 7) is 19.8. The molecule has 0 aliphatic carbocycles. The van der Waals surface area contributed by atoms with Crippen molar-refractivity contribution in [3.05, 3.63) is 71.8 Å². The van der Waals surface area contributed by atoms with Crippen molar-refractivity contribution in [3.8, 4) is 0 Å². The molecule has 2 aromatic carbocycles. The largest absolute Gasteiger partial charge is 0.324 e. The zero-order valence-electron chi connectivity index (χ0n) is 20.1. The fraction of sp³-hybridized carbons (Fsp3) is 0.458. The molecule has 1 atom stereocenters. The van der Waals surface area contributed by atoms with Gasteiger partial charge < -0.3 is 11.1 Å². The third kappa shape index (κ3) is 26.4. The molecule has 0 heterocycles. The number of nitrogens with two attached hydrogens (primary N) is 1. The molecule has 1 unspecified atom stereocenters. The fourth-order valence-corrected chi connectivity index (χ4v) is 1.44. The van der Waals surface area contributed by atoms with Gasteiger partial charge in [-0.3, -0.25) is 0 Å². The summed E-state index contributed by atoms with van der Waals surface area (Å²) in [5.41, 5.74) is 8.42. The van der Waals surface area contributed by atoms with Crippen molar-refractivity contribution in [1.82, 2.24) is 0 Å². The lowest BCUT2D eigenvalue weighted by Gasteiger charge is -2.02. The van der Waals surface area contributed by atoms with E-state index in [0.717, 1.165) is 5.56 Å². The number of hydrogen-bond acceptors (Lipinski definition) is 2. The smallest absolute Gasteiger partial charge is 0.0355 e. The molecule has 28 heavy (non-hydrogen) atoms. The predicted octanol–water partition coefficient (Wildman–Crippen LogP) is 7.12. The lowest BCUT2D eigenvalue weighted by Crippen LogP contribution is -2.03. The maximum absolute atomic E-state index is 7.24. The van der Waals surface area contributed by atoms with Crippen LogP contribution in [-0.2, 0) is 0 Å². The van der Waals surface area contributed by atoms with Gasteiger partial charge in [0, 0.05) is 28.6 Å². The van der Waals surface area contributed by atoms with Crippen molar-refractivity contribution in [2.24, 2.45) is 5.73 Å². The number of benzene rings is 2. The topological polar surface area (TPSA) is 49.9 Å². The number of nitrogens with one attached hydrogen (secondary N) is 1. The highest BCUT2D eigenvalue weighted by molar-refractivity contribution is 5.96. The monoisotopic (exact) mass is 382 g/mol. The highest BCUT2D eigenvalue weighted by atomic mass is 14.6. The number of hydrogen-bond donors (Lipinski definition) is 2. The van der Waals surface area contributed by atoms with E-state index in [2.05, 4.69) is 0 Å². The molecule has 156 valence electrons. The first-order valence-corrected chi connectivity index (χ1v) is 10.0. The van der Waals surface area contributed by atoms with Gasteiger partial charge in [0.1, 0.15) is 0 Å². The van der Waals surface area contributed by atoms with Crippen LogP contribution in [0.3, 0.4) is 0 Å². The second-order valence-corrected chi connectivity index (χ2v) is 4.19. The van der Waals surface area contributed by atoms with E-state index >= 15 is 0 Å². The van der Waals surface area contributed by atoms with Gasteiger partial charge in [-0.05, 0) is 25.0 Å². The predicted molar refractivity (Wildman–Crippen MR) is 135 cm³/mol. The summed E-state index contributed by atoms with van der Waals surface area (Å²) < 4.78 is 0. The Balaban J connectivity index is -0.0000000606. The van der Waals surface area contributed by atoms with Crippen LogP contribution in [0.5, 0.6) is 0 Å². The summed E-state index contributed by atoms with van der Waals surface area (Å²) in [5, 5.41) is 7.24. The van der Waals surface area contributed by atoms with Crippen LogP contribution in [0, 0.1) is 5.41 Å². The van der Waals surface area contributed by atoms with Gasteiger partial charge >= 0.3 is 0 Å². The average molecular weight is 382 g/mol. The first-order valence-electron chi connectivity index (χ1n) is 10.0. The third-order valence-electron chi connectivity index (χ3n) is 2.53. The van der Waals surface area contributed by atoms with E-state index in [1.807, 2.05) is 123 Å². The summed E-state index contributed by atoms with van der Waals surface area (Å²) >= 11 is 0. The van der Waals surface area contributed by atoms with E-state index in [1.54, 1.807) is 6.92 Å². The Labute approximate surface area is 181 Å². The fourth-order valence-electron chi connectivity index (χ4n) is 1.44. The van der Waals surface area contributed by atoms with E-state index in [1.165, 1.54) is 5.56 Å². The molecule has 0 fully saturated rings. The first-order chi connectivity index (χ1) is 12.6. The van der Waals surface area contributed by atoms with Crippen molar-refractivity contribution in [2.75, 3.05) is 0 Å². The minimum absolute atomic E-state index is 0. The summed E-state index contributed by atoms with van der Waals surface area (Å²) in [6.07, 6.45) is 0. The Morgan fingerprint density at radius 1 is 0.679 bits per heavy atom. The van der Waals surface area contributed by atoms with Crippen LogP contribution in [0.25, 0.3) is 0 Å². The molecule has 0 aliphatic rings. The van der Waals surface area contributed by atoms with E-state index in [9.17, 15) is 0 Å². The van der Waals surface area contributed by atoms with Gasteiger partial charge in [-0.2, -0.15) is 0 Å². The zero-order valence-corrected chi connectivity index (χ0v) is 20.1. The van der Waals surface area contributed by atoms with Crippen molar-refractivity contribution in [3.63, 3.8) is 0 Å². The van der Waals surface area contributed by atoms with Crippen molar-refractivity contribution in [1.29, 1.82) is 5.41 Å². The van der Waals surface area contributed by atoms with Crippen LogP contribution in [-0.4, -0.2) is 22.5 Å². The molecule has 0 aromatic heterocycles. The Bertz CT molecular complexity index is 472. The lowest BCUT2D eigenvalue weighted by atomic mass is 10.1. The Morgan fingerprint density at radius 3 is 1.14 bits per heavy atom. The molecule has 2 nitrogen and oxygen atoms in total. The molecule has 3 N–H and O–H groups in total. The molecule has 0 bridgehead atoms. The van der Waals surface area contributed by atoms with Crippen LogP contribution in [0.2, 0.25) is 0 Å². The second-order valence-electron chi connectivity index (χ2n) is 4.19. The van der Waals surface area contributed by atoms with Crippen LogP contribution >= 0.6 is 0 Å². The summed E-state index contributed by atoms with van der Waals surface area (Å²) in [6, 6.07) is 19.9. The normalized spacial score (nSPS) is 7.96. The van der Waals surface area contributed by atoms with Crippen molar-refractivity contribution in [2.45, 2.75) is 75.3 Å². The minimum atomic E-state index is 0. The highest BCUT2D eigenvalue weighted by Gasteiger charge is 1.93. The molecule has 4 heteroatoms. The van der Waals surface area contributed by atoms with Crippen molar-refractivity contribution < 1.29 is 0 Å². The lowest BCUT2D eigenvalue weighted by molar-refractivity contribution is 0.818. The quantitative estimate of drug-likeness (QED) is 0.421. The second kappa shape index (κ2) is 36.2. The van der Waals surface area contributed by atoms with Gasteiger partial charge in [0.15, 0.2) is 0 Å². The van der Waals surface area contributed by atoms with Gasteiger partial charge in [-0.25, -0.2) is 0 Å². The van der Waals surface area contributed by atoms with Crippen molar-refractivity contribution >= 4 is 22.5 Å². The van der Waals surface area contributed by atoms with Crippen LogP contribution < -0.4 is 5.73 Å². The molecule has 0 saturated heterocycles. The molecular weight excluding hydrogens is 338 g/mol. The van der Waals surface area contributed by atoms with Gasteiger partial charge in [0.25, 0.3) is 0 Å². The Hall–Kier alpha value is -1.80. The summed E-state index contributed by atoms with van der Waals surface area (Å²) in [7, 11) is 0. The van der Waals surface area contributed by atoms with Gasteiger partial charge in [-0.1, -0.05) is 116 Å². The highest BCUT2D eigenvalue weighted by Crippen LogP contribution is 2.06. The van der Waals surface area contributed by atoms with Crippen LogP contribution in [0.4, 0.5) is 0 Å². The maximum atomic E-state index is 7.24. The van der Waals surface area contributed by atoms with Gasteiger partial charge in [0.05, 0.1) is 0 Å².